The first-order valence-electron chi connectivity index (χ1n) is 5.28. The molecule has 0 unspecified atom stereocenters. The maximum Gasteiger partial charge on any atom is 0.213 e. The van der Waals surface area contributed by atoms with Gasteiger partial charge in [-0.3, -0.25) is 0 Å². The number of aromatic nitrogens is 1. The monoisotopic (exact) mass is 226 g/mol. The Hall–Kier alpha value is -0.800. The van der Waals surface area contributed by atoms with Crippen LogP contribution in [0, 0.1) is 5.92 Å². The van der Waals surface area contributed by atoms with Crippen molar-refractivity contribution < 1.29 is 4.74 Å². The summed E-state index contributed by atoms with van der Waals surface area (Å²) in [5, 5.41) is 0.604. The average Bonchev–Trinajstić information content (AvgIpc) is 3.04. The van der Waals surface area contributed by atoms with Gasteiger partial charge in [-0.25, -0.2) is 4.98 Å². The lowest BCUT2D eigenvalue weighted by Crippen LogP contribution is -2.04. The molecule has 0 spiro atoms. The van der Waals surface area contributed by atoms with Gasteiger partial charge in [0.2, 0.25) is 5.88 Å². The maximum absolute atomic E-state index is 5.89. The molecule has 1 aliphatic carbocycles. The number of nitrogens with two attached hydrogens (primary N) is 1. The lowest BCUT2D eigenvalue weighted by Gasteiger charge is -2.06. The third kappa shape index (κ3) is 3.08. The summed E-state index contributed by atoms with van der Waals surface area (Å²) in [5.74, 6) is 1.51. The Kier molecular flexibility index (Phi) is 3.44. The second-order valence-electron chi connectivity index (χ2n) is 3.86. The molecule has 2 rings (SSSR count). The van der Waals surface area contributed by atoms with E-state index in [1.54, 1.807) is 12.1 Å². The zero-order chi connectivity index (χ0) is 10.7. The van der Waals surface area contributed by atoms with Crippen molar-refractivity contribution in [3.8, 4) is 5.88 Å². The smallest absolute Gasteiger partial charge is 0.213 e. The lowest BCUT2D eigenvalue weighted by molar-refractivity contribution is 0.290. The average molecular weight is 227 g/mol. The highest BCUT2D eigenvalue weighted by atomic mass is 35.5. The molecule has 15 heavy (non-hydrogen) atoms. The van der Waals surface area contributed by atoms with Crippen LogP contribution in [-0.4, -0.2) is 11.6 Å². The van der Waals surface area contributed by atoms with Gasteiger partial charge in [0, 0.05) is 12.6 Å². The van der Waals surface area contributed by atoms with E-state index >= 15 is 0 Å². The molecule has 0 radical (unpaired) electrons. The van der Waals surface area contributed by atoms with Crippen molar-refractivity contribution in [3.05, 3.63) is 22.8 Å². The normalized spacial score (nSPS) is 15.3. The largest absolute Gasteiger partial charge is 0.478 e. The third-order valence-electron chi connectivity index (χ3n) is 2.56. The van der Waals surface area contributed by atoms with Crippen LogP contribution in [-0.2, 0) is 6.54 Å². The number of pyridine rings is 1. The Labute approximate surface area is 94.6 Å². The number of hydrogen-bond acceptors (Lipinski definition) is 3. The van der Waals surface area contributed by atoms with E-state index in [0.717, 1.165) is 18.9 Å². The summed E-state index contributed by atoms with van der Waals surface area (Å²) in [4.78, 5) is 4.23. The summed E-state index contributed by atoms with van der Waals surface area (Å²) in [6.07, 6.45) is 3.83. The molecular formula is C11H15ClN2O. The van der Waals surface area contributed by atoms with Crippen LogP contribution in [0.4, 0.5) is 0 Å². The molecule has 0 aromatic carbocycles. The Morgan fingerprint density at radius 1 is 1.47 bits per heavy atom. The van der Waals surface area contributed by atoms with Crippen LogP contribution in [0.15, 0.2) is 12.1 Å². The van der Waals surface area contributed by atoms with Gasteiger partial charge in [0.1, 0.15) is 0 Å². The highest BCUT2D eigenvalue weighted by molar-refractivity contribution is 6.31. The first kappa shape index (κ1) is 10.7. The predicted molar refractivity (Wildman–Crippen MR) is 60.0 cm³/mol. The standard InChI is InChI=1S/C11H15ClN2O/c12-9-3-4-11(14-10(9)7-13)15-6-5-8-1-2-8/h3-4,8H,1-2,5-7,13H2. The molecule has 0 aliphatic heterocycles. The SMILES string of the molecule is NCc1nc(OCCC2CC2)ccc1Cl. The molecule has 2 N–H and O–H groups in total. The van der Waals surface area contributed by atoms with Crippen LogP contribution < -0.4 is 10.5 Å². The summed E-state index contributed by atoms with van der Waals surface area (Å²) >= 11 is 5.89. The van der Waals surface area contributed by atoms with Gasteiger partial charge in [-0.2, -0.15) is 0 Å². The Morgan fingerprint density at radius 3 is 2.93 bits per heavy atom. The van der Waals surface area contributed by atoms with Gasteiger partial charge < -0.3 is 10.5 Å². The number of rotatable bonds is 5. The van der Waals surface area contributed by atoms with Crippen molar-refractivity contribution in [2.75, 3.05) is 6.61 Å². The van der Waals surface area contributed by atoms with Gasteiger partial charge >= 0.3 is 0 Å². The van der Waals surface area contributed by atoms with E-state index in [1.165, 1.54) is 12.8 Å². The first-order chi connectivity index (χ1) is 7.29. The molecule has 0 bridgehead atoms. The molecule has 3 nitrogen and oxygen atoms in total. The van der Waals surface area contributed by atoms with Gasteiger partial charge in [0.15, 0.2) is 0 Å². The van der Waals surface area contributed by atoms with Crippen LogP contribution in [0.2, 0.25) is 5.02 Å². The van der Waals surface area contributed by atoms with Crippen molar-refractivity contribution in [3.63, 3.8) is 0 Å². The maximum atomic E-state index is 5.89. The Morgan fingerprint density at radius 2 is 2.27 bits per heavy atom. The molecule has 4 heteroatoms. The van der Waals surface area contributed by atoms with Crippen molar-refractivity contribution in [2.24, 2.45) is 11.7 Å². The van der Waals surface area contributed by atoms with E-state index in [1.807, 2.05) is 0 Å². The molecule has 1 aromatic rings. The zero-order valence-electron chi connectivity index (χ0n) is 8.58. The number of ether oxygens (including phenoxy) is 1. The number of hydrogen-bond donors (Lipinski definition) is 1. The second-order valence-corrected chi connectivity index (χ2v) is 4.27. The Bertz CT molecular complexity index is 339. The summed E-state index contributed by atoms with van der Waals surface area (Å²) in [5.41, 5.74) is 6.20. The molecule has 82 valence electrons. The zero-order valence-corrected chi connectivity index (χ0v) is 9.33. The first-order valence-corrected chi connectivity index (χ1v) is 5.65. The van der Waals surface area contributed by atoms with E-state index in [4.69, 9.17) is 22.1 Å². The highest BCUT2D eigenvalue weighted by Gasteiger charge is 2.20. The predicted octanol–water partition coefficient (Wildman–Crippen LogP) is 2.37. The highest BCUT2D eigenvalue weighted by Crippen LogP contribution is 2.32. The fraction of sp³-hybridized carbons (Fsp3) is 0.545. The van der Waals surface area contributed by atoms with Gasteiger partial charge in [-0.15, -0.1) is 0 Å². The van der Waals surface area contributed by atoms with Crippen LogP contribution in [0.1, 0.15) is 25.0 Å². The minimum absolute atomic E-state index is 0.346. The molecule has 0 amide bonds. The van der Waals surface area contributed by atoms with Crippen LogP contribution in [0.5, 0.6) is 5.88 Å². The van der Waals surface area contributed by atoms with Crippen LogP contribution in [0.25, 0.3) is 0 Å². The third-order valence-corrected chi connectivity index (χ3v) is 2.90. The molecule has 1 aromatic heterocycles. The van der Waals surface area contributed by atoms with Crippen molar-refractivity contribution in [2.45, 2.75) is 25.8 Å². The molecule has 0 atom stereocenters. The van der Waals surface area contributed by atoms with E-state index in [-0.39, 0.29) is 0 Å². The van der Waals surface area contributed by atoms with Gasteiger partial charge in [-0.1, -0.05) is 24.4 Å². The van der Waals surface area contributed by atoms with Crippen LogP contribution >= 0.6 is 11.6 Å². The van der Waals surface area contributed by atoms with Crippen molar-refractivity contribution in [1.29, 1.82) is 0 Å². The van der Waals surface area contributed by atoms with E-state index in [2.05, 4.69) is 4.98 Å². The molecule has 1 heterocycles. The van der Waals surface area contributed by atoms with Gasteiger partial charge in [-0.05, 0) is 18.4 Å². The summed E-state index contributed by atoms with van der Waals surface area (Å²) < 4.78 is 5.53. The summed E-state index contributed by atoms with van der Waals surface area (Å²) in [7, 11) is 0. The molecule has 1 aliphatic rings. The minimum Gasteiger partial charge on any atom is -0.478 e. The number of halogens is 1. The van der Waals surface area contributed by atoms with E-state index in [9.17, 15) is 0 Å². The van der Waals surface area contributed by atoms with Crippen molar-refractivity contribution in [1.82, 2.24) is 4.98 Å². The van der Waals surface area contributed by atoms with Gasteiger partial charge in [0.05, 0.1) is 17.3 Å². The topological polar surface area (TPSA) is 48.1 Å². The Balaban J connectivity index is 1.89. The molecular weight excluding hydrogens is 212 g/mol. The quantitative estimate of drug-likeness (QED) is 0.839. The summed E-state index contributed by atoms with van der Waals surface area (Å²) in [6, 6.07) is 3.57. The fourth-order valence-corrected chi connectivity index (χ4v) is 1.61. The minimum atomic E-state index is 0.346. The van der Waals surface area contributed by atoms with Gasteiger partial charge in [0.25, 0.3) is 0 Å². The van der Waals surface area contributed by atoms with Crippen LogP contribution in [0.3, 0.4) is 0 Å². The lowest BCUT2D eigenvalue weighted by atomic mass is 10.3. The summed E-state index contributed by atoms with van der Waals surface area (Å²) in [6.45, 7) is 1.09. The van der Waals surface area contributed by atoms with Crippen molar-refractivity contribution >= 4 is 11.6 Å². The number of nitrogens with zero attached hydrogens (tertiary/aromatic N) is 1. The fourth-order valence-electron chi connectivity index (χ4n) is 1.42. The molecule has 0 saturated heterocycles. The van der Waals surface area contributed by atoms with E-state index < -0.39 is 0 Å². The van der Waals surface area contributed by atoms with E-state index in [0.29, 0.717) is 23.1 Å². The second kappa shape index (κ2) is 4.81. The molecule has 1 saturated carbocycles. The molecule has 1 fully saturated rings.